The average molecular weight is 449 g/mol. The van der Waals surface area contributed by atoms with Gasteiger partial charge in [-0.2, -0.15) is 0 Å². The zero-order valence-corrected chi connectivity index (χ0v) is 17.1. The highest BCUT2D eigenvalue weighted by Crippen LogP contribution is 2.05. The van der Waals surface area contributed by atoms with Crippen LogP contribution in [0.15, 0.2) is 16.6 Å². The van der Waals surface area contributed by atoms with Gasteiger partial charge in [0, 0.05) is 45.2 Å². The van der Waals surface area contributed by atoms with E-state index in [1.807, 2.05) is 37.2 Å². The number of halogens is 1. The van der Waals surface area contributed by atoms with Crippen molar-refractivity contribution in [3.63, 3.8) is 0 Å². The van der Waals surface area contributed by atoms with Crippen molar-refractivity contribution in [2.75, 3.05) is 20.1 Å². The van der Waals surface area contributed by atoms with Gasteiger partial charge in [-0.25, -0.2) is 9.98 Å². The number of likely N-dealkylation sites (N-methyl/N-ethyl adjacent to an activating group) is 1. The molecule has 2 aromatic rings. The van der Waals surface area contributed by atoms with Crippen molar-refractivity contribution in [3.05, 3.63) is 28.2 Å². The number of rotatable bonds is 6. The van der Waals surface area contributed by atoms with Crippen LogP contribution in [0.25, 0.3) is 0 Å². The van der Waals surface area contributed by atoms with E-state index in [-0.39, 0.29) is 24.0 Å². The second kappa shape index (κ2) is 9.81. The van der Waals surface area contributed by atoms with Gasteiger partial charge < -0.3 is 14.8 Å². The third kappa shape index (κ3) is 5.72. The fourth-order valence-corrected chi connectivity index (χ4v) is 2.56. The summed E-state index contributed by atoms with van der Waals surface area (Å²) in [5.74, 6) is 2.63. The van der Waals surface area contributed by atoms with Gasteiger partial charge in [0.25, 0.3) is 0 Å². The van der Waals surface area contributed by atoms with Crippen LogP contribution >= 0.6 is 35.3 Å². The molecule has 2 rings (SSSR count). The number of aromatic nitrogens is 4. The molecule has 128 valence electrons. The lowest BCUT2D eigenvalue weighted by Gasteiger charge is -2.21. The Labute approximate surface area is 158 Å². The van der Waals surface area contributed by atoms with Crippen LogP contribution < -0.4 is 5.32 Å². The largest absolute Gasteiger partial charge is 0.357 e. The molecule has 0 saturated carbocycles. The Morgan fingerprint density at radius 2 is 2.22 bits per heavy atom. The molecule has 0 saturated heterocycles. The molecular weight excluding hydrogens is 425 g/mol. The maximum absolute atomic E-state index is 4.65. The van der Waals surface area contributed by atoms with Crippen molar-refractivity contribution in [3.8, 4) is 0 Å². The Morgan fingerprint density at radius 1 is 1.43 bits per heavy atom. The van der Waals surface area contributed by atoms with Gasteiger partial charge in [-0.1, -0.05) is 0 Å². The van der Waals surface area contributed by atoms with Crippen molar-refractivity contribution in [1.29, 1.82) is 0 Å². The Morgan fingerprint density at radius 3 is 2.78 bits per heavy atom. The van der Waals surface area contributed by atoms with Crippen LogP contribution in [0.5, 0.6) is 0 Å². The van der Waals surface area contributed by atoms with Gasteiger partial charge in [0.2, 0.25) is 0 Å². The minimum absolute atomic E-state index is 0. The van der Waals surface area contributed by atoms with E-state index >= 15 is 0 Å². The first-order valence-electron chi connectivity index (χ1n) is 7.34. The summed E-state index contributed by atoms with van der Waals surface area (Å²) in [5.41, 5.74) is 0. The maximum atomic E-state index is 4.65. The molecule has 0 aliphatic rings. The molecule has 0 fully saturated rings. The highest BCUT2D eigenvalue weighted by molar-refractivity contribution is 14.0. The second-order valence-corrected chi connectivity index (χ2v) is 5.97. The van der Waals surface area contributed by atoms with Crippen molar-refractivity contribution in [2.45, 2.75) is 26.8 Å². The molecule has 1 N–H and O–H groups in total. The standard InChI is InChI=1S/C14H23N7S.HI/c1-5-15-14(17-10-12-19-18-11(2)21(12)4)20(3)8-6-13-16-7-9-22-13;/h7,9H,5-6,8,10H2,1-4H3,(H,15,17);1H. The lowest BCUT2D eigenvalue weighted by molar-refractivity contribution is 0.484. The monoisotopic (exact) mass is 449 g/mol. The van der Waals surface area contributed by atoms with Gasteiger partial charge in [-0.3, -0.25) is 0 Å². The maximum Gasteiger partial charge on any atom is 0.194 e. The van der Waals surface area contributed by atoms with Crippen LogP contribution in [0.1, 0.15) is 23.6 Å². The number of guanidine groups is 1. The summed E-state index contributed by atoms with van der Waals surface area (Å²) in [4.78, 5) is 11.1. The molecule has 0 aliphatic heterocycles. The molecule has 0 bridgehead atoms. The van der Waals surface area contributed by atoms with Gasteiger partial charge in [0.15, 0.2) is 11.8 Å². The average Bonchev–Trinajstić information content (AvgIpc) is 3.13. The minimum atomic E-state index is 0. The Kier molecular flexibility index (Phi) is 8.45. The summed E-state index contributed by atoms with van der Waals surface area (Å²) < 4.78 is 1.96. The van der Waals surface area contributed by atoms with E-state index < -0.39 is 0 Å². The minimum Gasteiger partial charge on any atom is -0.357 e. The van der Waals surface area contributed by atoms with Gasteiger partial charge in [-0.15, -0.1) is 45.5 Å². The molecule has 7 nitrogen and oxygen atoms in total. The number of aryl methyl sites for hydroxylation is 1. The van der Waals surface area contributed by atoms with Gasteiger partial charge in [-0.05, 0) is 13.8 Å². The van der Waals surface area contributed by atoms with Crippen molar-refractivity contribution < 1.29 is 0 Å². The molecule has 2 heterocycles. The molecule has 0 aliphatic carbocycles. The SMILES string of the molecule is CCNC(=NCc1nnc(C)n1C)N(C)CCc1nccs1.I. The van der Waals surface area contributed by atoms with Crippen LogP contribution in [0.2, 0.25) is 0 Å². The molecule has 0 aromatic carbocycles. The van der Waals surface area contributed by atoms with Crippen LogP contribution in [0.3, 0.4) is 0 Å². The Hall–Kier alpha value is -1.23. The first-order valence-corrected chi connectivity index (χ1v) is 8.22. The normalized spacial score (nSPS) is 11.2. The van der Waals surface area contributed by atoms with Crippen molar-refractivity contribution in [1.82, 2.24) is 30.0 Å². The van der Waals surface area contributed by atoms with Crippen LogP contribution in [-0.2, 0) is 20.0 Å². The second-order valence-electron chi connectivity index (χ2n) is 4.99. The lowest BCUT2D eigenvalue weighted by atomic mass is 10.4. The van der Waals surface area contributed by atoms with E-state index in [2.05, 4.69) is 37.3 Å². The third-order valence-corrected chi connectivity index (χ3v) is 4.23. The number of hydrogen-bond acceptors (Lipinski definition) is 5. The fourth-order valence-electron chi connectivity index (χ4n) is 1.95. The molecule has 0 spiro atoms. The first kappa shape index (κ1) is 19.8. The fraction of sp³-hybridized carbons (Fsp3) is 0.571. The molecule has 2 aromatic heterocycles. The number of aliphatic imine (C=N–C) groups is 1. The summed E-state index contributed by atoms with van der Waals surface area (Å²) in [6, 6.07) is 0. The predicted molar refractivity (Wildman–Crippen MR) is 104 cm³/mol. The quantitative estimate of drug-likeness (QED) is 0.414. The number of thiazole rings is 1. The van der Waals surface area contributed by atoms with Crippen LogP contribution in [0.4, 0.5) is 0 Å². The summed E-state index contributed by atoms with van der Waals surface area (Å²) in [6.07, 6.45) is 2.76. The van der Waals surface area contributed by atoms with E-state index in [9.17, 15) is 0 Å². The van der Waals surface area contributed by atoms with Gasteiger partial charge in [0.1, 0.15) is 12.4 Å². The number of nitrogens with one attached hydrogen (secondary N) is 1. The molecular formula is C14H24IN7S. The highest BCUT2D eigenvalue weighted by atomic mass is 127. The zero-order valence-electron chi connectivity index (χ0n) is 14.0. The number of hydrogen-bond donors (Lipinski definition) is 1. The topological polar surface area (TPSA) is 71.2 Å². The zero-order chi connectivity index (χ0) is 15.9. The molecule has 0 atom stereocenters. The highest BCUT2D eigenvalue weighted by Gasteiger charge is 2.09. The molecule has 23 heavy (non-hydrogen) atoms. The van der Waals surface area contributed by atoms with E-state index in [1.165, 1.54) is 0 Å². The van der Waals surface area contributed by atoms with E-state index in [4.69, 9.17) is 0 Å². The van der Waals surface area contributed by atoms with Crippen molar-refractivity contribution >= 4 is 41.3 Å². The molecule has 0 radical (unpaired) electrons. The summed E-state index contributed by atoms with van der Waals surface area (Å²) in [6.45, 7) is 6.22. The van der Waals surface area contributed by atoms with E-state index in [0.29, 0.717) is 6.54 Å². The summed E-state index contributed by atoms with van der Waals surface area (Å²) in [5, 5.41) is 14.7. The Bertz CT molecular complexity index is 609. The Balaban J connectivity index is 0.00000264. The van der Waals surface area contributed by atoms with Gasteiger partial charge >= 0.3 is 0 Å². The van der Waals surface area contributed by atoms with E-state index in [0.717, 1.165) is 42.1 Å². The molecule has 0 unspecified atom stereocenters. The van der Waals surface area contributed by atoms with Crippen LogP contribution in [-0.4, -0.2) is 50.7 Å². The smallest absolute Gasteiger partial charge is 0.194 e. The third-order valence-electron chi connectivity index (χ3n) is 3.39. The predicted octanol–water partition coefficient (Wildman–Crippen LogP) is 1.84. The summed E-state index contributed by atoms with van der Waals surface area (Å²) in [7, 11) is 4.00. The molecule has 0 amide bonds. The summed E-state index contributed by atoms with van der Waals surface area (Å²) >= 11 is 1.69. The van der Waals surface area contributed by atoms with Crippen molar-refractivity contribution in [2.24, 2.45) is 12.0 Å². The lowest BCUT2D eigenvalue weighted by Crippen LogP contribution is -2.40. The molecule has 9 heteroatoms. The first-order chi connectivity index (χ1) is 10.6. The van der Waals surface area contributed by atoms with Gasteiger partial charge in [0.05, 0.1) is 5.01 Å². The number of nitrogens with zero attached hydrogens (tertiary/aromatic N) is 6. The van der Waals surface area contributed by atoms with Crippen LogP contribution in [0, 0.1) is 6.92 Å². The van der Waals surface area contributed by atoms with E-state index in [1.54, 1.807) is 11.3 Å².